The number of imidazole rings is 1. The van der Waals surface area contributed by atoms with Gasteiger partial charge in [-0.2, -0.15) is 18.3 Å². The van der Waals surface area contributed by atoms with Crippen LogP contribution < -0.4 is 16.0 Å². The number of carbonyl (C=O) groups excluding carboxylic acids is 2. The van der Waals surface area contributed by atoms with Crippen molar-refractivity contribution in [3.05, 3.63) is 59.9 Å². The Hall–Kier alpha value is -3.67. The number of H-pyrrole nitrogens is 1. The van der Waals surface area contributed by atoms with Crippen molar-refractivity contribution in [2.75, 3.05) is 16.8 Å². The molecule has 3 heterocycles. The Morgan fingerprint density at radius 3 is 2.62 bits per heavy atom. The molecule has 0 saturated heterocycles. The zero-order chi connectivity index (χ0) is 20.8. The second-order valence-corrected chi connectivity index (χ2v) is 6.27. The van der Waals surface area contributed by atoms with Gasteiger partial charge in [-0.15, -0.1) is 0 Å². The summed E-state index contributed by atoms with van der Waals surface area (Å²) < 4.78 is 39.6. The van der Waals surface area contributed by atoms with Crippen LogP contribution in [-0.4, -0.2) is 38.1 Å². The molecule has 4 rings (SSSR count). The van der Waals surface area contributed by atoms with Crippen LogP contribution in [0.4, 0.5) is 24.5 Å². The minimum absolute atomic E-state index is 0.00441. The van der Waals surface area contributed by atoms with Crippen molar-refractivity contribution in [3.8, 4) is 0 Å². The summed E-state index contributed by atoms with van der Waals surface area (Å²) in [6.45, 7) is 0.00441. The fourth-order valence-electron chi connectivity index (χ4n) is 3.02. The van der Waals surface area contributed by atoms with Gasteiger partial charge in [-0.1, -0.05) is 0 Å². The third-order valence-electron chi connectivity index (χ3n) is 4.39. The Balaban J connectivity index is 1.64. The number of fused-ring (bicyclic) bond motifs is 1. The Bertz CT molecular complexity index is 1060. The summed E-state index contributed by atoms with van der Waals surface area (Å²) in [5, 5.41) is 6.58. The Labute approximate surface area is 161 Å². The maximum atomic E-state index is 13.0. The molecule has 2 amide bonds. The summed E-state index contributed by atoms with van der Waals surface area (Å²) in [5.41, 5.74) is 5.62. The molecule has 150 valence electrons. The number of amides is 2. The molecular weight excluding hydrogens is 391 g/mol. The molecule has 4 N–H and O–H groups in total. The lowest BCUT2D eigenvalue weighted by Crippen LogP contribution is -2.46. The first kappa shape index (κ1) is 18.7. The maximum Gasteiger partial charge on any atom is 0.416 e. The topological polar surface area (TPSA) is 122 Å². The number of nitrogens with one attached hydrogen (secondary N) is 2. The third-order valence-corrected chi connectivity index (χ3v) is 4.39. The van der Waals surface area contributed by atoms with Crippen LogP contribution in [0.5, 0.6) is 0 Å². The van der Waals surface area contributed by atoms with Crippen molar-refractivity contribution < 1.29 is 22.8 Å². The molecule has 0 saturated carbocycles. The van der Waals surface area contributed by atoms with Gasteiger partial charge in [-0.25, -0.2) is 9.67 Å². The van der Waals surface area contributed by atoms with Crippen molar-refractivity contribution in [1.82, 2.24) is 19.7 Å². The number of rotatable bonds is 3. The predicted octanol–water partition coefficient (Wildman–Crippen LogP) is 2.00. The highest BCUT2D eigenvalue weighted by Crippen LogP contribution is 2.33. The molecular formula is C17H14F3N7O2. The van der Waals surface area contributed by atoms with Gasteiger partial charge in [0.15, 0.2) is 11.5 Å². The average Bonchev–Trinajstić information content (AvgIpc) is 3.34. The van der Waals surface area contributed by atoms with Crippen molar-refractivity contribution in [2.45, 2.75) is 12.3 Å². The molecule has 0 aliphatic carbocycles. The van der Waals surface area contributed by atoms with E-state index in [0.717, 1.165) is 12.1 Å². The quantitative estimate of drug-likeness (QED) is 0.615. The summed E-state index contributed by atoms with van der Waals surface area (Å²) >= 11 is 0. The van der Waals surface area contributed by atoms with Crippen molar-refractivity contribution in [1.29, 1.82) is 0 Å². The van der Waals surface area contributed by atoms with Crippen molar-refractivity contribution in [3.63, 3.8) is 0 Å². The zero-order valence-corrected chi connectivity index (χ0v) is 14.6. The molecule has 2 aromatic heterocycles. The highest BCUT2D eigenvalue weighted by Gasteiger charge is 2.35. The molecule has 1 unspecified atom stereocenters. The third kappa shape index (κ3) is 3.33. The van der Waals surface area contributed by atoms with Gasteiger partial charge < -0.3 is 20.9 Å². The lowest BCUT2D eigenvalue weighted by atomic mass is 10.1. The van der Waals surface area contributed by atoms with Crippen molar-refractivity contribution in [2.24, 2.45) is 5.73 Å². The number of aromatic nitrogens is 4. The first-order chi connectivity index (χ1) is 13.8. The minimum atomic E-state index is -4.48. The molecule has 0 fully saturated rings. The molecule has 12 heteroatoms. The Morgan fingerprint density at radius 1 is 1.28 bits per heavy atom. The van der Waals surface area contributed by atoms with E-state index < -0.39 is 29.7 Å². The number of hydrogen-bond donors (Lipinski definition) is 3. The maximum absolute atomic E-state index is 13.0. The summed E-state index contributed by atoms with van der Waals surface area (Å²) in [4.78, 5) is 32.9. The number of alkyl halides is 3. The van der Waals surface area contributed by atoms with Gasteiger partial charge in [0.2, 0.25) is 0 Å². The van der Waals surface area contributed by atoms with E-state index in [1.165, 1.54) is 40.3 Å². The Morgan fingerprint density at radius 2 is 2.00 bits per heavy atom. The number of aromatic amines is 1. The SMILES string of the molecule is NC1CN(c2ccc(C(F)(F)F)cc2)C(=O)c2c(NC(=O)c3ncc[nH]3)cnn21. The second-order valence-electron chi connectivity index (χ2n) is 6.27. The van der Waals surface area contributed by atoms with Gasteiger partial charge >= 0.3 is 6.18 Å². The molecule has 3 aromatic rings. The molecule has 0 spiro atoms. The summed E-state index contributed by atoms with van der Waals surface area (Å²) in [6, 6.07) is 4.17. The first-order valence-electron chi connectivity index (χ1n) is 8.38. The second kappa shape index (κ2) is 6.74. The minimum Gasteiger partial charge on any atom is -0.341 e. The van der Waals surface area contributed by atoms with Gasteiger partial charge in [0.1, 0.15) is 6.17 Å². The average molecular weight is 405 g/mol. The standard InChI is InChI=1S/C17H14F3N7O2/c18-17(19,20)9-1-3-10(4-2-9)26-8-12(21)27-13(16(26)29)11(7-24-27)25-15(28)14-22-5-6-23-14/h1-7,12H,8,21H2,(H,22,23)(H,25,28). The number of nitrogens with two attached hydrogens (primary N) is 1. The number of carbonyl (C=O) groups is 2. The molecule has 29 heavy (non-hydrogen) atoms. The first-order valence-corrected chi connectivity index (χ1v) is 8.38. The monoisotopic (exact) mass is 405 g/mol. The van der Waals surface area contributed by atoms with E-state index in [2.05, 4.69) is 20.4 Å². The molecule has 1 aromatic carbocycles. The van der Waals surface area contributed by atoms with Crippen LogP contribution in [0, 0.1) is 0 Å². The molecule has 1 aliphatic rings. The summed E-state index contributed by atoms with van der Waals surface area (Å²) in [7, 11) is 0. The molecule has 1 aliphatic heterocycles. The van der Waals surface area contributed by atoms with Gasteiger partial charge in [0.05, 0.1) is 24.0 Å². The van der Waals surface area contributed by atoms with E-state index >= 15 is 0 Å². The highest BCUT2D eigenvalue weighted by molar-refractivity contribution is 6.12. The van der Waals surface area contributed by atoms with E-state index in [4.69, 9.17) is 5.73 Å². The number of anilines is 2. The van der Waals surface area contributed by atoms with Crippen LogP contribution in [0.25, 0.3) is 0 Å². The van der Waals surface area contributed by atoms with Gasteiger partial charge in [0.25, 0.3) is 11.8 Å². The lowest BCUT2D eigenvalue weighted by Gasteiger charge is -2.32. The fourth-order valence-corrected chi connectivity index (χ4v) is 3.02. The normalized spacial score (nSPS) is 16.6. The van der Waals surface area contributed by atoms with Crippen LogP contribution in [-0.2, 0) is 6.18 Å². The molecule has 9 nitrogen and oxygen atoms in total. The summed E-state index contributed by atoms with van der Waals surface area (Å²) in [5.74, 6) is -1.10. The lowest BCUT2D eigenvalue weighted by molar-refractivity contribution is -0.137. The van der Waals surface area contributed by atoms with Crippen LogP contribution >= 0.6 is 0 Å². The van der Waals surface area contributed by atoms with Crippen LogP contribution in [0.1, 0.15) is 32.8 Å². The number of nitrogens with zero attached hydrogens (tertiary/aromatic N) is 4. The van der Waals surface area contributed by atoms with E-state index in [9.17, 15) is 22.8 Å². The smallest absolute Gasteiger partial charge is 0.341 e. The van der Waals surface area contributed by atoms with Crippen molar-refractivity contribution >= 4 is 23.2 Å². The zero-order valence-electron chi connectivity index (χ0n) is 14.6. The van der Waals surface area contributed by atoms with Crippen LogP contribution in [0.3, 0.4) is 0 Å². The number of benzene rings is 1. The van der Waals surface area contributed by atoms with Gasteiger partial charge in [-0.3, -0.25) is 9.59 Å². The Kier molecular flexibility index (Phi) is 4.34. The largest absolute Gasteiger partial charge is 0.416 e. The molecule has 1 atom stereocenters. The molecule has 0 bridgehead atoms. The van der Waals surface area contributed by atoms with Gasteiger partial charge in [0, 0.05) is 18.1 Å². The fraction of sp³-hybridized carbons (Fsp3) is 0.176. The van der Waals surface area contributed by atoms with Crippen LogP contribution in [0.2, 0.25) is 0 Å². The molecule has 0 radical (unpaired) electrons. The van der Waals surface area contributed by atoms with E-state index in [0.29, 0.717) is 0 Å². The van der Waals surface area contributed by atoms with E-state index in [1.807, 2.05) is 0 Å². The number of hydrogen-bond acceptors (Lipinski definition) is 5. The summed E-state index contributed by atoms with van der Waals surface area (Å²) in [6.07, 6.45) is -1.09. The number of halogens is 3. The van der Waals surface area contributed by atoms with Gasteiger partial charge in [-0.05, 0) is 24.3 Å². The van der Waals surface area contributed by atoms with E-state index in [1.54, 1.807) is 0 Å². The van der Waals surface area contributed by atoms with Crippen LogP contribution in [0.15, 0.2) is 42.9 Å². The predicted molar refractivity (Wildman–Crippen MR) is 95.1 cm³/mol. The van der Waals surface area contributed by atoms with E-state index in [-0.39, 0.29) is 29.4 Å². The highest BCUT2D eigenvalue weighted by atomic mass is 19.4.